The van der Waals surface area contributed by atoms with E-state index >= 15 is 0 Å². The number of nitrogens with one attached hydrogen (secondary N) is 2. The molecule has 0 aliphatic carbocycles. The first-order chi connectivity index (χ1) is 15.6. The molecule has 11 heteroatoms. The summed E-state index contributed by atoms with van der Waals surface area (Å²) >= 11 is 12.3. The Hall–Kier alpha value is -1.65. The van der Waals surface area contributed by atoms with Gasteiger partial charge in [0.15, 0.2) is 0 Å². The lowest BCUT2D eigenvalue weighted by Gasteiger charge is -2.29. The van der Waals surface area contributed by atoms with Crippen molar-refractivity contribution >= 4 is 39.9 Å². The SMILES string of the molecule is CCS(=O)c1ccc(Cl)cc1CNC(=O)c1cc(Cl)c(CN2CCNCC2)c(C(F)(F)F)c1. The number of carbonyl (C=O) groups is 1. The van der Waals surface area contributed by atoms with Gasteiger partial charge in [0, 0.05) is 65.5 Å². The van der Waals surface area contributed by atoms with Crippen molar-refractivity contribution in [2.45, 2.75) is 31.1 Å². The van der Waals surface area contributed by atoms with Crippen LogP contribution in [0.4, 0.5) is 13.2 Å². The Balaban J connectivity index is 1.84. The van der Waals surface area contributed by atoms with E-state index in [2.05, 4.69) is 10.6 Å². The predicted octanol–water partition coefficient (Wildman–Crippen LogP) is 4.47. The number of piperazine rings is 1. The molecule has 2 aromatic rings. The summed E-state index contributed by atoms with van der Waals surface area (Å²) in [6, 6.07) is 6.89. The summed E-state index contributed by atoms with van der Waals surface area (Å²) in [5.74, 6) is -0.342. The van der Waals surface area contributed by atoms with Crippen molar-refractivity contribution < 1.29 is 22.2 Å². The molecule has 0 saturated carbocycles. The van der Waals surface area contributed by atoms with Crippen molar-refractivity contribution in [2.75, 3.05) is 31.9 Å². The van der Waals surface area contributed by atoms with Gasteiger partial charge in [0.2, 0.25) is 0 Å². The zero-order valence-corrected chi connectivity index (χ0v) is 20.2. The van der Waals surface area contributed by atoms with Crippen LogP contribution in [0.2, 0.25) is 10.0 Å². The van der Waals surface area contributed by atoms with Gasteiger partial charge in [-0.1, -0.05) is 30.1 Å². The van der Waals surface area contributed by atoms with Crippen LogP contribution in [-0.2, 0) is 30.1 Å². The molecule has 1 aliphatic heterocycles. The molecule has 0 radical (unpaired) electrons. The molecule has 1 fully saturated rings. The smallest absolute Gasteiger partial charge is 0.348 e. The number of rotatable bonds is 7. The van der Waals surface area contributed by atoms with E-state index in [1.165, 1.54) is 6.07 Å². The van der Waals surface area contributed by atoms with Crippen molar-refractivity contribution in [3.63, 3.8) is 0 Å². The monoisotopic (exact) mass is 521 g/mol. The second kappa shape index (κ2) is 11.2. The minimum Gasteiger partial charge on any atom is -0.348 e. The normalized spacial score (nSPS) is 15.9. The van der Waals surface area contributed by atoms with Gasteiger partial charge in [-0.05, 0) is 41.5 Å². The van der Waals surface area contributed by atoms with Crippen molar-refractivity contribution in [1.29, 1.82) is 0 Å². The summed E-state index contributed by atoms with van der Waals surface area (Å²) in [7, 11) is -1.28. The number of carbonyl (C=O) groups excluding carboxylic acids is 1. The highest BCUT2D eigenvalue weighted by molar-refractivity contribution is 7.85. The van der Waals surface area contributed by atoms with E-state index in [-0.39, 0.29) is 29.2 Å². The highest BCUT2D eigenvalue weighted by atomic mass is 35.5. The van der Waals surface area contributed by atoms with Gasteiger partial charge in [-0.25, -0.2) is 0 Å². The van der Waals surface area contributed by atoms with E-state index in [4.69, 9.17) is 23.2 Å². The number of alkyl halides is 3. The first-order valence-electron chi connectivity index (χ1n) is 10.4. The maximum atomic E-state index is 13.8. The molecule has 1 unspecified atom stereocenters. The first kappa shape index (κ1) is 26.0. The third kappa shape index (κ3) is 6.70. The Bertz CT molecular complexity index is 1040. The second-order valence-electron chi connectivity index (χ2n) is 7.58. The molecule has 1 saturated heterocycles. The molecule has 1 heterocycles. The van der Waals surface area contributed by atoms with Crippen LogP contribution in [-0.4, -0.2) is 46.9 Å². The third-order valence-corrected chi connectivity index (χ3v) is 7.31. The molecular weight excluding hydrogens is 498 g/mol. The molecule has 3 rings (SSSR count). The molecule has 1 aliphatic rings. The van der Waals surface area contributed by atoms with Crippen molar-refractivity contribution in [3.05, 3.63) is 62.6 Å². The van der Waals surface area contributed by atoms with Crippen LogP contribution in [0, 0.1) is 0 Å². The summed E-state index contributed by atoms with van der Waals surface area (Å²) in [6.07, 6.45) is -4.67. The van der Waals surface area contributed by atoms with E-state index in [9.17, 15) is 22.2 Å². The number of nitrogens with zero attached hydrogens (tertiary/aromatic N) is 1. The molecular formula is C22H24Cl2F3N3O2S. The molecule has 2 aromatic carbocycles. The van der Waals surface area contributed by atoms with Crippen LogP contribution in [0.15, 0.2) is 35.2 Å². The fourth-order valence-corrected chi connectivity index (χ4v) is 5.04. The van der Waals surface area contributed by atoms with E-state index < -0.39 is 28.4 Å². The van der Waals surface area contributed by atoms with Crippen LogP contribution in [0.1, 0.15) is 34.0 Å². The van der Waals surface area contributed by atoms with Crippen LogP contribution in [0.5, 0.6) is 0 Å². The van der Waals surface area contributed by atoms with Gasteiger partial charge in [-0.3, -0.25) is 13.9 Å². The summed E-state index contributed by atoms with van der Waals surface area (Å²) < 4.78 is 53.8. The largest absolute Gasteiger partial charge is 0.416 e. The highest BCUT2D eigenvalue weighted by Crippen LogP contribution is 2.37. The maximum Gasteiger partial charge on any atom is 0.416 e. The summed E-state index contributed by atoms with van der Waals surface area (Å²) in [5.41, 5.74) is -0.627. The minimum atomic E-state index is -4.67. The maximum absolute atomic E-state index is 13.8. The Labute approximate surface area is 203 Å². The Morgan fingerprint density at radius 1 is 1.18 bits per heavy atom. The number of halogens is 5. The summed E-state index contributed by atoms with van der Waals surface area (Å²) in [5, 5.41) is 6.04. The van der Waals surface area contributed by atoms with Crippen LogP contribution >= 0.6 is 23.2 Å². The molecule has 0 aromatic heterocycles. The van der Waals surface area contributed by atoms with Gasteiger partial charge >= 0.3 is 6.18 Å². The Morgan fingerprint density at radius 3 is 2.52 bits per heavy atom. The molecule has 5 nitrogen and oxygen atoms in total. The average molecular weight is 522 g/mol. The predicted molar refractivity (Wildman–Crippen MR) is 124 cm³/mol. The van der Waals surface area contributed by atoms with E-state index in [1.807, 2.05) is 4.90 Å². The molecule has 2 N–H and O–H groups in total. The van der Waals surface area contributed by atoms with Crippen LogP contribution in [0.25, 0.3) is 0 Å². The van der Waals surface area contributed by atoms with Crippen LogP contribution in [0.3, 0.4) is 0 Å². The quantitative estimate of drug-likeness (QED) is 0.564. The van der Waals surface area contributed by atoms with Gasteiger partial charge in [0.1, 0.15) is 0 Å². The van der Waals surface area contributed by atoms with Crippen molar-refractivity contribution in [1.82, 2.24) is 15.5 Å². The van der Waals surface area contributed by atoms with Crippen molar-refractivity contribution in [3.8, 4) is 0 Å². The summed E-state index contributed by atoms with van der Waals surface area (Å²) in [4.78, 5) is 15.1. The average Bonchev–Trinajstić information content (AvgIpc) is 2.78. The van der Waals surface area contributed by atoms with E-state index in [0.29, 0.717) is 47.4 Å². The summed E-state index contributed by atoms with van der Waals surface area (Å²) in [6.45, 7) is 4.36. The highest BCUT2D eigenvalue weighted by Gasteiger charge is 2.36. The number of hydrogen-bond donors (Lipinski definition) is 2. The molecule has 0 bridgehead atoms. The lowest BCUT2D eigenvalue weighted by atomic mass is 10.0. The molecule has 1 amide bonds. The zero-order valence-electron chi connectivity index (χ0n) is 17.9. The number of benzene rings is 2. The lowest BCUT2D eigenvalue weighted by Crippen LogP contribution is -2.43. The first-order valence-corrected chi connectivity index (χ1v) is 12.4. The second-order valence-corrected chi connectivity index (χ2v) is 10.1. The zero-order chi connectivity index (χ0) is 24.2. The molecule has 33 heavy (non-hydrogen) atoms. The molecule has 0 spiro atoms. The topological polar surface area (TPSA) is 61.4 Å². The van der Waals surface area contributed by atoms with E-state index in [1.54, 1.807) is 25.1 Å². The van der Waals surface area contributed by atoms with E-state index in [0.717, 1.165) is 6.07 Å². The van der Waals surface area contributed by atoms with Crippen LogP contribution < -0.4 is 10.6 Å². The fourth-order valence-electron chi connectivity index (χ4n) is 3.62. The number of amides is 1. The lowest BCUT2D eigenvalue weighted by molar-refractivity contribution is -0.138. The van der Waals surface area contributed by atoms with Gasteiger partial charge in [-0.2, -0.15) is 13.2 Å². The molecule has 180 valence electrons. The minimum absolute atomic E-state index is 0.0397. The van der Waals surface area contributed by atoms with Gasteiger partial charge in [0.05, 0.1) is 16.4 Å². The van der Waals surface area contributed by atoms with Gasteiger partial charge in [-0.15, -0.1) is 0 Å². The number of hydrogen-bond acceptors (Lipinski definition) is 4. The fraction of sp³-hybridized carbons (Fsp3) is 0.409. The van der Waals surface area contributed by atoms with Crippen molar-refractivity contribution in [2.24, 2.45) is 0 Å². The Morgan fingerprint density at radius 2 is 1.88 bits per heavy atom. The third-order valence-electron chi connectivity index (χ3n) is 5.32. The Kier molecular flexibility index (Phi) is 8.80. The molecule has 1 atom stereocenters. The standard InChI is InChI=1S/C22H24Cl2F3N3O2S/c1-2-33(32)20-4-3-16(23)9-15(20)12-29-21(31)14-10-18(22(25,26)27)17(19(24)11-14)13-30-7-5-28-6-8-30/h3-4,9-11,28H,2,5-8,12-13H2,1H3,(H,29,31). The van der Waals surface area contributed by atoms with Gasteiger partial charge < -0.3 is 10.6 Å². The van der Waals surface area contributed by atoms with Gasteiger partial charge in [0.25, 0.3) is 5.91 Å².